The summed E-state index contributed by atoms with van der Waals surface area (Å²) in [4.78, 5) is 22.7. The van der Waals surface area contributed by atoms with Crippen molar-refractivity contribution in [2.24, 2.45) is 0 Å². The number of benzene rings is 1. The fraction of sp³-hybridized carbons (Fsp3) is 0.429. The fourth-order valence-corrected chi connectivity index (χ4v) is 1.72. The smallest absolute Gasteiger partial charge is 0.326 e. The van der Waals surface area contributed by atoms with E-state index in [1.54, 1.807) is 31.4 Å². The first-order chi connectivity index (χ1) is 9.06. The first kappa shape index (κ1) is 15.0. The minimum Gasteiger partial charge on any atom is -0.497 e. The van der Waals surface area contributed by atoms with E-state index in [9.17, 15) is 9.59 Å². The summed E-state index contributed by atoms with van der Waals surface area (Å²) in [6.45, 7) is 1.88. The Morgan fingerprint density at radius 1 is 1.32 bits per heavy atom. The largest absolute Gasteiger partial charge is 0.497 e. The molecule has 0 aliphatic rings. The van der Waals surface area contributed by atoms with Gasteiger partial charge in [0.1, 0.15) is 11.8 Å². The lowest BCUT2D eigenvalue weighted by molar-refractivity contribution is -0.141. The summed E-state index contributed by atoms with van der Waals surface area (Å²) in [5.41, 5.74) is 0.818. The van der Waals surface area contributed by atoms with Crippen molar-refractivity contribution in [3.8, 4) is 5.75 Å². The molecule has 0 heterocycles. The van der Waals surface area contributed by atoms with E-state index in [1.165, 1.54) is 0 Å². The van der Waals surface area contributed by atoms with Crippen molar-refractivity contribution in [2.75, 3.05) is 7.11 Å². The zero-order chi connectivity index (χ0) is 14.3. The molecule has 0 saturated carbocycles. The van der Waals surface area contributed by atoms with Crippen molar-refractivity contribution < 1.29 is 19.4 Å². The summed E-state index contributed by atoms with van der Waals surface area (Å²) in [6.07, 6.45) is 1.31. The van der Waals surface area contributed by atoms with Gasteiger partial charge in [-0.3, -0.25) is 4.79 Å². The summed E-state index contributed by atoms with van der Waals surface area (Å²) in [5.74, 6) is -0.561. The van der Waals surface area contributed by atoms with Gasteiger partial charge in [0.2, 0.25) is 5.91 Å². The molecule has 19 heavy (non-hydrogen) atoms. The molecule has 1 aromatic carbocycles. The molecule has 1 amide bonds. The van der Waals surface area contributed by atoms with Crippen molar-refractivity contribution in [1.29, 1.82) is 0 Å². The van der Waals surface area contributed by atoms with E-state index < -0.39 is 12.0 Å². The van der Waals surface area contributed by atoms with E-state index in [1.807, 2.05) is 6.92 Å². The molecule has 0 saturated heterocycles. The molecule has 104 valence electrons. The van der Waals surface area contributed by atoms with Crippen LogP contribution < -0.4 is 10.1 Å². The van der Waals surface area contributed by atoms with Gasteiger partial charge in [0, 0.05) is 0 Å². The molecule has 1 aromatic rings. The molecule has 2 N–H and O–H groups in total. The zero-order valence-electron chi connectivity index (χ0n) is 11.2. The first-order valence-corrected chi connectivity index (χ1v) is 6.22. The van der Waals surface area contributed by atoms with Gasteiger partial charge in [0.25, 0.3) is 0 Å². The van der Waals surface area contributed by atoms with Gasteiger partial charge < -0.3 is 15.2 Å². The molecular formula is C14H19NO4. The van der Waals surface area contributed by atoms with Gasteiger partial charge in [-0.2, -0.15) is 0 Å². The summed E-state index contributed by atoms with van der Waals surface area (Å²) in [7, 11) is 1.57. The molecule has 0 spiro atoms. The number of ether oxygens (including phenoxy) is 1. The number of hydrogen-bond acceptors (Lipinski definition) is 3. The molecule has 1 unspecified atom stereocenters. The highest BCUT2D eigenvalue weighted by atomic mass is 16.5. The van der Waals surface area contributed by atoms with E-state index in [0.717, 1.165) is 11.3 Å². The van der Waals surface area contributed by atoms with Crippen LogP contribution in [0, 0.1) is 0 Å². The van der Waals surface area contributed by atoms with Crippen molar-refractivity contribution in [3.05, 3.63) is 29.8 Å². The second-order valence-electron chi connectivity index (χ2n) is 4.27. The molecule has 0 fully saturated rings. The molecule has 1 rings (SSSR count). The van der Waals surface area contributed by atoms with E-state index in [0.29, 0.717) is 12.8 Å². The Morgan fingerprint density at radius 3 is 2.42 bits per heavy atom. The fourth-order valence-electron chi connectivity index (χ4n) is 1.72. The molecule has 0 aliphatic heterocycles. The van der Waals surface area contributed by atoms with Crippen molar-refractivity contribution in [2.45, 2.75) is 32.2 Å². The predicted molar refractivity (Wildman–Crippen MR) is 71.2 cm³/mol. The highest BCUT2D eigenvalue weighted by molar-refractivity contribution is 5.84. The standard InChI is InChI=1S/C14H19NO4/c1-3-4-12(14(17)18)15-13(16)9-10-5-7-11(19-2)8-6-10/h5-8,12H,3-4,9H2,1-2H3,(H,15,16)(H,17,18). The number of hydrogen-bond donors (Lipinski definition) is 2. The van der Waals surface area contributed by atoms with E-state index in [-0.39, 0.29) is 12.3 Å². The summed E-state index contributed by atoms with van der Waals surface area (Å²) in [5, 5.41) is 11.5. The highest BCUT2D eigenvalue weighted by Crippen LogP contribution is 2.11. The molecule has 5 heteroatoms. The Balaban J connectivity index is 2.55. The second kappa shape index (κ2) is 7.41. The van der Waals surface area contributed by atoms with Crippen LogP contribution in [0.5, 0.6) is 5.75 Å². The molecule has 0 aromatic heterocycles. The molecule has 0 radical (unpaired) electrons. The number of carboxylic acids is 1. The Hall–Kier alpha value is -2.04. The van der Waals surface area contributed by atoms with E-state index >= 15 is 0 Å². The van der Waals surface area contributed by atoms with Crippen LogP contribution in [0.25, 0.3) is 0 Å². The first-order valence-electron chi connectivity index (χ1n) is 6.22. The van der Waals surface area contributed by atoms with Gasteiger partial charge in [0.15, 0.2) is 0 Å². The SMILES string of the molecule is CCCC(NC(=O)Cc1ccc(OC)cc1)C(=O)O. The molecule has 5 nitrogen and oxygen atoms in total. The third kappa shape index (κ3) is 4.99. The normalized spacial score (nSPS) is 11.7. The summed E-state index contributed by atoms with van der Waals surface area (Å²) >= 11 is 0. The number of carbonyl (C=O) groups excluding carboxylic acids is 1. The Morgan fingerprint density at radius 2 is 1.95 bits per heavy atom. The Labute approximate surface area is 112 Å². The van der Waals surface area contributed by atoms with Gasteiger partial charge >= 0.3 is 5.97 Å². The maximum atomic E-state index is 11.8. The number of methoxy groups -OCH3 is 1. The zero-order valence-corrected chi connectivity index (χ0v) is 11.2. The van der Waals surface area contributed by atoms with Crippen LogP contribution >= 0.6 is 0 Å². The lowest BCUT2D eigenvalue weighted by atomic mass is 10.1. The summed E-state index contributed by atoms with van der Waals surface area (Å²) < 4.78 is 5.02. The monoisotopic (exact) mass is 265 g/mol. The third-order valence-electron chi connectivity index (χ3n) is 2.73. The molecule has 0 bridgehead atoms. The van der Waals surface area contributed by atoms with Gasteiger partial charge in [-0.1, -0.05) is 25.5 Å². The maximum absolute atomic E-state index is 11.8. The van der Waals surface area contributed by atoms with Crippen LogP contribution in [0.4, 0.5) is 0 Å². The number of rotatable bonds is 7. The van der Waals surface area contributed by atoms with Crippen molar-refractivity contribution in [1.82, 2.24) is 5.32 Å². The van der Waals surface area contributed by atoms with Gasteiger partial charge in [-0.25, -0.2) is 4.79 Å². The van der Waals surface area contributed by atoms with Crippen LogP contribution in [-0.2, 0) is 16.0 Å². The Kier molecular flexibility index (Phi) is 5.85. The quantitative estimate of drug-likeness (QED) is 0.785. The van der Waals surface area contributed by atoms with Gasteiger partial charge in [0.05, 0.1) is 13.5 Å². The molecule has 0 aliphatic carbocycles. The Bertz CT molecular complexity index is 428. The van der Waals surface area contributed by atoms with Crippen molar-refractivity contribution >= 4 is 11.9 Å². The van der Waals surface area contributed by atoms with Gasteiger partial charge in [-0.15, -0.1) is 0 Å². The van der Waals surface area contributed by atoms with E-state index in [4.69, 9.17) is 9.84 Å². The average molecular weight is 265 g/mol. The molecular weight excluding hydrogens is 246 g/mol. The lowest BCUT2D eigenvalue weighted by Crippen LogP contribution is -2.41. The maximum Gasteiger partial charge on any atom is 0.326 e. The number of nitrogens with one attached hydrogen (secondary N) is 1. The van der Waals surface area contributed by atoms with Crippen LogP contribution in [0.15, 0.2) is 24.3 Å². The lowest BCUT2D eigenvalue weighted by Gasteiger charge is -2.13. The second-order valence-corrected chi connectivity index (χ2v) is 4.27. The van der Waals surface area contributed by atoms with Crippen molar-refractivity contribution in [3.63, 3.8) is 0 Å². The topological polar surface area (TPSA) is 75.6 Å². The number of aliphatic carboxylic acids is 1. The minimum atomic E-state index is -0.995. The van der Waals surface area contributed by atoms with Crippen LogP contribution in [0.3, 0.4) is 0 Å². The van der Waals surface area contributed by atoms with Gasteiger partial charge in [-0.05, 0) is 24.1 Å². The van der Waals surface area contributed by atoms with Crippen LogP contribution in [-0.4, -0.2) is 30.1 Å². The number of amides is 1. The number of carbonyl (C=O) groups is 2. The van der Waals surface area contributed by atoms with E-state index in [2.05, 4.69) is 5.32 Å². The predicted octanol–water partition coefficient (Wildman–Crippen LogP) is 1.61. The minimum absolute atomic E-state index is 0.164. The van der Waals surface area contributed by atoms with Crippen LogP contribution in [0.2, 0.25) is 0 Å². The number of carboxylic acid groups (broad SMARTS) is 1. The molecule has 1 atom stereocenters. The van der Waals surface area contributed by atoms with Crippen LogP contribution in [0.1, 0.15) is 25.3 Å². The summed E-state index contributed by atoms with van der Waals surface area (Å²) in [6, 6.07) is 6.30. The third-order valence-corrected chi connectivity index (χ3v) is 2.73. The average Bonchev–Trinajstić information content (AvgIpc) is 2.39. The highest BCUT2D eigenvalue weighted by Gasteiger charge is 2.18.